The van der Waals surface area contributed by atoms with E-state index in [-0.39, 0.29) is 0 Å². The molecule has 0 atom stereocenters. The highest BCUT2D eigenvalue weighted by atomic mass is 19.4. The summed E-state index contributed by atoms with van der Waals surface area (Å²) in [6.45, 7) is 4.53. The number of unbranched alkanes of at least 4 members (excludes halogenated alkanes) is 2. The summed E-state index contributed by atoms with van der Waals surface area (Å²) in [5.74, 6) is -2.14. The predicted octanol–water partition coefficient (Wildman–Crippen LogP) is 2.91. The molecule has 0 aliphatic rings. The van der Waals surface area contributed by atoms with Gasteiger partial charge in [0.25, 0.3) is 0 Å². The van der Waals surface area contributed by atoms with Crippen molar-refractivity contribution >= 4 is 5.97 Å². The van der Waals surface area contributed by atoms with E-state index < -0.39 is 12.1 Å². The van der Waals surface area contributed by atoms with Crippen molar-refractivity contribution < 1.29 is 22.8 Å². The first kappa shape index (κ1) is 15.2. The smallest absolute Gasteiger partial charge is 0.361 e. The number of hydroxylamine groups is 2. The molecular formula is C10H18F3NO2. The highest BCUT2D eigenvalue weighted by Crippen LogP contribution is 2.17. The quantitative estimate of drug-likeness (QED) is 0.642. The van der Waals surface area contributed by atoms with Crippen LogP contribution in [-0.4, -0.2) is 30.3 Å². The van der Waals surface area contributed by atoms with Crippen LogP contribution in [0.15, 0.2) is 0 Å². The molecule has 16 heavy (non-hydrogen) atoms. The molecule has 0 saturated carbocycles. The fourth-order valence-corrected chi connectivity index (χ4v) is 1.04. The number of hydrogen-bond donors (Lipinski definition) is 0. The van der Waals surface area contributed by atoms with Gasteiger partial charge in [0.1, 0.15) is 0 Å². The molecule has 0 bridgehead atoms. The molecule has 0 saturated heterocycles. The Morgan fingerprint density at radius 2 is 1.56 bits per heavy atom. The Balaban J connectivity index is 4.13. The summed E-state index contributed by atoms with van der Waals surface area (Å²) in [5, 5.41) is 1.10. The fourth-order valence-electron chi connectivity index (χ4n) is 1.04. The minimum Gasteiger partial charge on any atom is -0.361 e. The van der Waals surface area contributed by atoms with Crippen molar-refractivity contribution in [3.8, 4) is 0 Å². The number of rotatable bonds is 7. The number of nitrogens with zero attached hydrogens (tertiary/aromatic N) is 1. The summed E-state index contributed by atoms with van der Waals surface area (Å²) in [6.07, 6.45) is -1.83. The van der Waals surface area contributed by atoms with E-state index >= 15 is 0 Å². The van der Waals surface area contributed by atoms with Crippen LogP contribution in [0.1, 0.15) is 39.5 Å². The summed E-state index contributed by atoms with van der Waals surface area (Å²) < 4.78 is 35.9. The van der Waals surface area contributed by atoms with Crippen molar-refractivity contribution in [2.75, 3.05) is 13.1 Å². The topological polar surface area (TPSA) is 29.5 Å². The SMILES string of the molecule is CCCCN(CCCC)OC(=O)C(F)(F)F. The molecule has 96 valence electrons. The van der Waals surface area contributed by atoms with E-state index in [1.54, 1.807) is 0 Å². The van der Waals surface area contributed by atoms with E-state index in [1.165, 1.54) is 0 Å². The molecule has 0 rings (SSSR count). The second-order valence-electron chi connectivity index (χ2n) is 3.51. The van der Waals surface area contributed by atoms with Crippen LogP contribution in [0.5, 0.6) is 0 Å². The van der Waals surface area contributed by atoms with Gasteiger partial charge in [0, 0.05) is 13.1 Å². The molecule has 0 aromatic carbocycles. The molecule has 0 amide bonds. The van der Waals surface area contributed by atoms with Crippen LogP contribution >= 0.6 is 0 Å². The third-order valence-corrected chi connectivity index (χ3v) is 1.97. The van der Waals surface area contributed by atoms with Crippen molar-refractivity contribution in [2.24, 2.45) is 0 Å². The van der Waals surface area contributed by atoms with Crippen LogP contribution in [0.25, 0.3) is 0 Å². The maximum absolute atomic E-state index is 12.0. The first-order valence-corrected chi connectivity index (χ1v) is 5.45. The van der Waals surface area contributed by atoms with Gasteiger partial charge in [-0.1, -0.05) is 26.7 Å². The second-order valence-corrected chi connectivity index (χ2v) is 3.51. The van der Waals surface area contributed by atoms with Crippen LogP contribution in [0, 0.1) is 0 Å². The van der Waals surface area contributed by atoms with Crippen LogP contribution in [0.4, 0.5) is 13.2 Å². The van der Waals surface area contributed by atoms with Gasteiger partial charge < -0.3 is 4.84 Å². The average molecular weight is 241 g/mol. The van der Waals surface area contributed by atoms with Gasteiger partial charge >= 0.3 is 12.1 Å². The monoisotopic (exact) mass is 241 g/mol. The van der Waals surface area contributed by atoms with Gasteiger partial charge in [-0.2, -0.15) is 13.2 Å². The Morgan fingerprint density at radius 1 is 1.12 bits per heavy atom. The largest absolute Gasteiger partial charge is 0.492 e. The summed E-state index contributed by atoms with van der Waals surface area (Å²) in [7, 11) is 0. The Kier molecular flexibility index (Phi) is 7.12. The van der Waals surface area contributed by atoms with Crippen molar-refractivity contribution in [3.63, 3.8) is 0 Å². The van der Waals surface area contributed by atoms with E-state index in [1.807, 2.05) is 13.8 Å². The summed E-state index contributed by atoms with van der Waals surface area (Å²) in [5.41, 5.74) is 0. The molecule has 0 fully saturated rings. The zero-order valence-electron chi connectivity index (χ0n) is 9.64. The lowest BCUT2D eigenvalue weighted by molar-refractivity contribution is -0.239. The molecule has 0 unspecified atom stereocenters. The lowest BCUT2D eigenvalue weighted by Gasteiger charge is -2.21. The second kappa shape index (κ2) is 7.49. The molecule has 0 spiro atoms. The Bertz CT molecular complexity index is 199. The van der Waals surface area contributed by atoms with Gasteiger partial charge in [-0.25, -0.2) is 4.79 Å². The van der Waals surface area contributed by atoms with Gasteiger partial charge in [-0.3, -0.25) is 0 Å². The molecule has 6 heteroatoms. The van der Waals surface area contributed by atoms with E-state index in [0.29, 0.717) is 25.9 Å². The third kappa shape index (κ3) is 6.66. The molecule has 0 radical (unpaired) electrons. The zero-order valence-corrected chi connectivity index (χ0v) is 9.64. The minimum atomic E-state index is -4.92. The van der Waals surface area contributed by atoms with E-state index in [4.69, 9.17) is 0 Å². The first-order chi connectivity index (χ1) is 7.41. The normalized spacial score (nSPS) is 11.9. The van der Waals surface area contributed by atoms with Crippen molar-refractivity contribution in [1.29, 1.82) is 0 Å². The minimum absolute atomic E-state index is 0.346. The fraction of sp³-hybridized carbons (Fsp3) is 0.900. The lowest BCUT2D eigenvalue weighted by atomic mass is 10.3. The van der Waals surface area contributed by atoms with Crippen molar-refractivity contribution in [2.45, 2.75) is 45.7 Å². The van der Waals surface area contributed by atoms with E-state index in [2.05, 4.69) is 4.84 Å². The molecule has 0 N–H and O–H groups in total. The summed E-state index contributed by atoms with van der Waals surface area (Å²) in [4.78, 5) is 14.9. The van der Waals surface area contributed by atoms with E-state index in [9.17, 15) is 18.0 Å². The molecule has 0 aromatic heterocycles. The molecule has 0 heterocycles. The van der Waals surface area contributed by atoms with Gasteiger partial charge in [0.15, 0.2) is 0 Å². The van der Waals surface area contributed by atoms with Crippen molar-refractivity contribution in [3.05, 3.63) is 0 Å². The average Bonchev–Trinajstić information content (AvgIpc) is 2.20. The number of carbonyl (C=O) groups is 1. The lowest BCUT2D eigenvalue weighted by Crippen LogP contribution is -2.36. The van der Waals surface area contributed by atoms with Gasteiger partial charge in [-0.05, 0) is 12.8 Å². The van der Waals surface area contributed by atoms with Crippen molar-refractivity contribution in [1.82, 2.24) is 5.06 Å². The highest BCUT2D eigenvalue weighted by molar-refractivity contribution is 5.75. The van der Waals surface area contributed by atoms with Gasteiger partial charge in [-0.15, -0.1) is 5.06 Å². The van der Waals surface area contributed by atoms with Crippen LogP contribution in [0.3, 0.4) is 0 Å². The maximum atomic E-state index is 12.0. The molecule has 3 nitrogen and oxygen atoms in total. The Hall–Kier alpha value is -0.780. The van der Waals surface area contributed by atoms with Crippen LogP contribution in [0.2, 0.25) is 0 Å². The first-order valence-electron chi connectivity index (χ1n) is 5.45. The predicted molar refractivity (Wildman–Crippen MR) is 53.5 cm³/mol. The van der Waals surface area contributed by atoms with Crippen LogP contribution < -0.4 is 0 Å². The molecular weight excluding hydrogens is 223 g/mol. The van der Waals surface area contributed by atoms with E-state index in [0.717, 1.165) is 17.9 Å². The number of halogens is 3. The number of carbonyl (C=O) groups excluding carboxylic acids is 1. The Labute approximate surface area is 93.5 Å². The molecule has 0 aliphatic carbocycles. The van der Waals surface area contributed by atoms with Gasteiger partial charge in [0.05, 0.1) is 0 Å². The highest BCUT2D eigenvalue weighted by Gasteiger charge is 2.42. The number of alkyl halides is 3. The molecule has 0 aromatic rings. The maximum Gasteiger partial charge on any atom is 0.492 e. The number of hydrogen-bond acceptors (Lipinski definition) is 3. The zero-order chi connectivity index (χ0) is 12.6. The van der Waals surface area contributed by atoms with Crippen LogP contribution in [-0.2, 0) is 9.63 Å². The summed E-state index contributed by atoms with van der Waals surface area (Å²) >= 11 is 0. The third-order valence-electron chi connectivity index (χ3n) is 1.97. The standard InChI is InChI=1S/C10H18F3NO2/c1-3-5-7-14(8-6-4-2)16-9(15)10(11,12)13/h3-8H2,1-2H3. The Morgan fingerprint density at radius 3 is 1.88 bits per heavy atom. The van der Waals surface area contributed by atoms with Gasteiger partial charge in [0.2, 0.25) is 0 Å². The summed E-state index contributed by atoms with van der Waals surface area (Å²) in [6, 6.07) is 0. The molecule has 0 aliphatic heterocycles.